The molecule has 3 rings (SSSR count). The van der Waals surface area contributed by atoms with E-state index in [1.165, 1.54) is 37.8 Å². The van der Waals surface area contributed by atoms with Crippen LogP contribution < -0.4 is 4.90 Å². The molecule has 112 valence electrons. The first-order valence-electron chi connectivity index (χ1n) is 7.73. The lowest BCUT2D eigenvalue weighted by Crippen LogP contribution is -2.29. The standard InChI is InChI=1S/C16H20N2O3/c19-16(8-5-12-3-1-2-4-12)17-10-9-13-6-7-14(18(20)21)11-15(13)17/h6-7,11-12H,1-5,8-10H2. The molecule has 0 bridgehead atoms. The smallest absolute Gasteiger partial charge is 0.271 e. The van der Waals surface area contributed by atoms with E-state index >= 15 is 0 Å². The van der Waals surface area contributed by atoms with Gasteiger partial charge in [-0.05, 0) is 24.3 Å². The van der Waals surface area contributed by atoms with E-state index in [0.717, 1.165) is 24.1 Å². The first-order valence-corrected chi connectivity index (χ1v) is 7.73. The minimum absolute atomic E-state index is 0.0595. The van der Waals surface area contributed by atoms with Crippen molar-refractivity contribution < 1.29 is 9.72 Å². The fourth-order valence-electron chi connectivity index (χ4n) is 3.50. The van der Waals surface area contributed by atoms with Crippen LogP contribution in [0.4, 0.5) is 11.4 Å². The zero-order valence-electron chi connectivity index (χ0n) is 12.1. The summed E-state index contributed by atoms with van der Waals surface area (Å²) in [5.41, 5.74) is 1.83. The second kappa shape index (κ2) is 5.84. The maximum atomic E-state index is 12.4. The van der Waals surface area contributed by atoms with Gasteiger partial charge in [0.15, 0.2) is 0 Å². The molecule has 2 aliphatic rings. The Balaban J connectivity index is 1.68. The Hall–Kier alpha value is -1.91. The number of nitro benzene ring substituents is 1. The summed E-state index contributed by atoms with van der Waals surface area (Å²) in [5.74, 6) is 0.808. The van der Waals surface area contributed by atoms with Gasteiger partial charge in [-0.15, -0.1) is 0 Å². The molecule has 0 aromatic heterocycles. The van der Waals surface area contributed by atoms with E-state index in [1.54, 1.807) is 11.0 Å². The van der Waals surface area contributed by atoms with Gasteiger partial charge in [-0.25, -0.2) is 0 Å². The molecule has 1 fully saturated rings. The molecule has 1 aromatic carbocycles. The zero-order valence-corrected chi connectivity index (χ0v) is 12.1. The fourth-order valence-corrected chi connectivity index (χ4v) is 3.50. The van der Waals surface area contributed by atoms with Crippen LogP contribution in [0.1, 0.15) is 44.1 Å². The number of amides is 1. The van der Waals surface area contributed by atoms with Gasteiger partial charge in [-0.1, -0.05) is 31.7 Å². The molecule has 1 aliphatic carbocycles. The lowest BCUT2D eigenvalue weighted by molar-refractivity contribution is -0.384. The van der Waals surface area contributed by atoms with E-state index in [1.807, 2.05) is 0 Å². The first-order chi connectivity index (χ1) is 10.1. The summed E-state index contributed by atoms with van der Waals surface area (Å²) in [6.07, 6.45) is 7.38. The van der Waals surface area contributed by atoms with Crippen LogP contribution in [0.15, 0.2) is 18.2 Å². The largest absolute Gasteiger partial charge is 0.312 e. The summed E-state index contributed by atoms with van der Waals surface area (Å²) in [6.45, 7) is 0.653. The predicted molar refractivity (Wildman–Crippen MR) is 80.3 cm³/mol. The second-order valence-corrected chi connectivity index (χ2v) is 6.05. The van der Waals surface area contributed by atoms with Gasteiger partial charge in [0.2, 0.25) is 5.91 Å². The second-order valence-electron chi connectivity index (χ2n) is 6.05. The van der Waals surface area contributed by atoms with E-state index in [9.17, 15) is 14.9 Å². The summed E-state index contributed by atoms with van der Waals surface area (Å²) < 4.78 is 0. The van der Waals surface area contributed by atoms with Crippen LogP contribution in [0.5, 0.6) is 0 Å². The number of nitrogens with zero attached hydrogens (tertiary/aromatic N) is 2. The van der Waals surface area contributed by atoms with Crippen LogP contribution in [0, 0.1) is 16.0 Å². The quantitative estimate of drug-likeness (QED) is 0.629. The highest BCUT2D eigenvalue weighted by atomic mass is 16.6. The minimum atomic E-state index is -0.403. The Kier molecular flexibility index (Phi) is 3.90. The Morgan fingerprint density at radius 3 is 2.81 bits per heavy atom. The number of rotatable bonds is 4. The molecule has 0 radical (unpaired) electrons. The Bertz CT molecular complexity index is 565. The SMILES string of the molecule is O=C(CCC1CCCC1)N1CCc2ccc([N+](=O)[O-])cc21. The topological polar surface area (TPSA) is 63.5 Å². The average Bonchev–Trinajstić information content (AvgIpc) is 3.13. The van der Waals surface area contributed by atoms with Crippen LogP contribution in [0.3, 0.4) is 0 Å². The molecule has 1 aromatic rings. The van der Waals surface area contributed by atoms with E-state index < -0.39 is 4.92 Å². The van der Waals surface area contributed by atoms with Crippen LogP contribution in [-0.4, -0.2) is 17.4 Å². The number of fused-ring (bicyclic) bond motifs is 1. The molecular weight excluding hydrogens is 268 g/mol. The summed E-state index contributed by atoms with van der Waals surface area (Å²) in [6, 6.07) is 4.83. The molecule has 21 heavy (non-hydrogen) atoms. The van der Waals surface area contributed by atoms with Gasteiger partial charge >= 0.3 is 0 Å². The molecule has 0 saturated heterocycles. The summed E-state index contributed by atoms with van der Waals surface area (Å²) in [4.78, 5) is 24.6. The van der Waals surface area contributed by atoms with E-state index in [4.69, 9.17) is 0 Å². The van der Waals surface area contributed by atoms with Gasteiger partial charge in [0.1, 0.15) is 0 Å². The number of hydrogen-bond acceptors (Lipinski definition) is 3. The van der Waals surface area contributed by atoms with Crippen molar-refractivity contribution in [3.8, 4) is 0 Å². The molecule has 0 N–H and O–H groups in total. The molecule has 5 heteroatoms. The third kappa shape index (κ3) is 2.91. The molecule has 0 unspecified atom stereocenters. The first kappa shape index (κ1) is 14.0. The highest BCUT2D eigenvalue weighted by Crippen LogP contribution is 2.33. The molecular formula is C16H20N2O3. The van der Waals surface area contributed by atoms with Crippen LogP contribution in [0.2, 0.25) is 0 Å². The van der Waals surface area contributed by atoms with Gasteiger partial charge in [-0.2, -0.15) is 0 Å². The number of non-ortho nitro benzene ring substituents is 1. The summed E-state index contributed by atoms with van der Waals surface area (Å²) in [7, 11) is 0. The third-order valence-corrected chi connectivity index (χ3v) is 4.72. The molecule has 1 saturated carbocycles. The Labute approximate surface area is 124 Å². The van der Waals surface area contributed by atoms with E-state index in [0.29, 0.717) is 18.9 Å². The molecule has 1 aliphatic heterocycles. The maximum absolute atomic E-state index is 12.4. The van der Waals surface area contributed by atoms with Crippen molar-refractivity contribution in [2.24, 2.45) is 5.92 Å². The Morgan fingerprint density at radius 1 is 1.33 bits per heavy atom. The van der Waals surface area contributed by atoms with E-state index in [-0.39, 0.29) is 11.6 Å². The number of anilines is 1. The van der Waals surface area contributed by atoms with Crippen molar-refractivity contribution in [3.05, 3.63) is 33.9 Å². The normalized spacial score (nSPS) is 18.0. The summed E-state index contributed by atoms with van der Waals surface area (Å²) in [5, 5.41) is 10.9. The lowest BCUT2D eigenvalue weighted by Gasteiger charge is -2.18. The van der Waals surface area contributed by atoms with Gasteiger partial charge in [0, 0.05) is 25.1 Å². The number of carbonyl (C=O) groups excluding carboxylic acids is 1. The zero-order chi connectivity index (χ0) is 14.8. The molecule has 1 heterocycles. The summed E-state index contributed by atoms with van der Waals surface area (Å²) >= 11 is 0. The van der Waals surface area contributed by atoms with Gasteiger partial charge < -0.3 is 4.90 Å². The van der Waals surface area contributed by atoms with Crippen molar-refractivity contribution in [1.29, 1.82) is 0 Å². The molecule has 1 amide bonds. The van der Waals surface area contributed by atoms with Crippen molar-refractivity contribution in [2.45, 2.75) is 44.9 Å². The van der Waals surface area contributed by atoms with Gasteiger partial charge in [0.05, 0.1) is 10.6 Å². The fraction of sp³-hybridized carbons (Fsp3) is 0.562. The molecule has 5 nitrogen and oxygen atoms in total. The van der Waals surface area contributed by atoms with Gasteiger partial charge in [0.25, 0.3) is 5.69 Å². The highest BCUT2D eigenvalue weighted by molar-refractivity contribution is 5.95. The Morgan fingerprint density at radius 2 is 2.10 bits per heavy atom. The van der Waals surface area contributed by atoms with Crippen molar-refractivity contribution in [3.63, 3.8) is 0 Å². The van der Waals surface area contributed by atoms with Crippen LogP contribution in [0.25, 0.3) is 0 Å². The van der Waals surface area contributed by atoms with Crippen LogP contribution in [-0.2, 0) is 11.2 Å². The van der Waals surface area contributed by atoms with Crippen molar-refractivity contribution >= 4 is 17.3 Å². The minimum Gasteiger partial charge on any atom is -0.312 e. The van der Waals surface area contributed by atoms with Gasteiger partial charge in [-0.3, -0.25) is 14.9 Å². The van der Waals surface area contributed by atoms with E-state index in [2.05, 4.69) is 0 Å². The van der Waals surface area contributed by atoms with Crippen molar-refractivity contribution in [1.82, 2.24) is 0 Å². The average molecular weight is 288 g/mol. The van der Waals surface area contributed by atoms with Crippen LogP contribution >= 0.6 is 0 Å². The number of carbonyl (C=O) groups is 1. The number of nitro groups is 1. The monoisotopic (exact) mass is 288 g/mol. The van der Waals surface area contributed by atoms with Crippen molar-refractivity contribution in [2.75, 3.05) is 11.4 Å². The maximum Gasteiger partial charge on any atom is 0.271 e. The highest BCUT2D eigenvalue weighted by Gasteiger charge is 2.27. The number of hydrogen-bond donors (Lipinski definition) is 0. The third-order valence-electron chi connectivity index (χ3n) is 4.72. The molecule has 0 spiro atoms. The number of benzene rings is 1. The molecule has 0 atom stereocenters. The predicted octanol–water partition coefficient (Wildman–Crippen LogP) is 3.45. The lowest BCUT2D eigenvalue weighted by atomic mass is 10.0.